The van der Waals surface area contributed by atoms with Crippen molar-refractivity contribution in [1.29, 1.82) is 0 Å². The van der Waals surface area contributed by atoms with Crippen LogP contribution in [-0.2, 0) is 19.1 Å². The largest absolute Gasteiger partial charge is 0.478 e. The standard InChI is InChI=1S/C30H30ClI6N5O9/c1-11(43)42(5)24-21(36)14(25(45)38-4)17(32)15(22(24)37)27(47)40-10-12(44)41-23-19(34)13(18(33)16(20(23)35)28(48)49)26(46)39-8-9-51-29(50)30(2,3)6-7-31/h6-10H2,1-5H3,(H,38,45)(H,39,46)(H,40,47)(H,41,44)(H,48,49). The average Bonchev–Trinajstić information content (AvgIpc) is 3.03. The molecule has 0 unspecified atom stereocenters. The maximum atomic E-state index is 13.6. The molecule has 14 nitrogen and oxygen atoms in total. The number of halogens is 7. The molecule has 0 atom stereocenters. The summed E-state index contributed by atoms with van der Waals surface area (Å²) >= 11 is 16.8. The zero-order chi connectivity index (χ0) is 39.1. The van der Waals surface area contributed by atoms with E-state index in [1.165, 1.54) is 25.9 Å². The molecular weight excluding hydrogens is 1370 g/mol. The number of nitrogens with zero attached hydrogens (tertiary/aromatic N) is 1. The van der Waals surface area contributed by atoms with Crippen LogP contribution in [0.25, 0.3) is 0 Å². The number of amides is 5. The number of ether oxygens (including phenoxy) is 1. The summed E-state index contributed by atoms with van der Waals surface area (Å²) in [5.74, 6) is -4.47. The van der Waals surface area contributed by atoms with Crippen molar-refractivity contribution in [3.8, 4) is 0 Å². The molecule has 0 aliphatic heterocycles. The van der Waals surface area contributed by atoms with Crippen molar-refractivity contribution >= 4 is 200 Å². The number of benzene rings is 2. The topological polar surface area (TPSA) is 200 Å². The molecule has 0 aromatic heterocycles. The summed E-state index contributed by atoms with van der Waals surface area (Å²) in [6.07, 6.45) is 0.400. The van der Waals surface area contributed by atoms with E-state index in [2.05, 4.69) is 21.3 Å². The molecule has 0 spiro atoms. The zero-order valence-corrected chi connectivity index (χ0v) is 41.0. The van der Waals surface area contributed by atoms with Crippen molar-refractivity contribution in [2.45, 2.75) is 27.2 Å². The van der Waals surface area contributed by atoms with Crippen LogP contribution in [-0.4, -0.2) is 86.3 Å². The number of hydrogen-bond donors (Lipinski definition) is 5. The van der Waals surface area contributed by atoms with Gasteiger partial charge in [0.1, 0.15) is 6.61 Å². The van der Waals surface area contributed by atoms with Crippen LogP contribution in [0.4, 0.5) is 11.4 Å². The van der Waals surface area contributed by atoms with Gasteiger partial charge in [0.25, 0.3) is 17.7 Å². The van der Waals surface area contributed by atoms with Crippen molar-refractivity contribution in [1.82, 2.24) is 16.0 Å². The molecule has 0 bridgehead atoms. The summed E-state index contributed by atoms with van der Waals surface area (Å²) in [6.45, 7) is 3.95. The SMILES string of the molecule is CNC(=O)c1c(I)c(C(=O)NCC(=O)Nc2c(I)c(C(=O)O)c(I)c(C(=O)NCCOC(=O)C(C)(C)CCCl)c2I)c(I)c(N(C)C(C)=O)c1I. The number of esters is 1. The smallest absolute Gasteiger partial charge is 0.337 e. The van der Waals surface area contributed by atoms with Gasteiger partial charge in [0, 0.05) is 34.0 Å². The van der Waals surface area contributed by atoms with Gasteiger partial charge in [-0.3, -0.25) is 28.8 Å². The van der Waals surface area contributed by atoms with Crippen molar-refractivity contribution in [2.24, 2.45) is 5.41 Å². The molecule has 0 heterocycles. The Balaban J connectivity index is 2.39. The lowest BCUT2D eigenvalue weighted by Gasteiger charge is -2.24. The summed E-state index contributed by atoms with van der Waals surface area (Å²) in [7, 11) is 2.95. The summed E-state index contributed by atoms with van der Waals surface area (Å²) in [6, 6.07) is 0. The van der Waals surface area contributed by atoms with Crippen molar-refractivity contribution < 1.29 is 43.4 Å². The Morgan fingerprint density at radius 1 is 0.784 bits per heavy atom. The first-order chi connectivity index (χ1) is 23.7. The van der Waals surface area contributed by atoms with Crippen LogP contribution >= 0.6 is 147 Å². The van der Waals surface area contributed by atoms with Crippen molar-refractivity contribution in [3.63, 3.8) is 0 Å². The minimum absolute atomic E-state index is 0.0194. The van der Waals surface area contributed by atoms with Gasteiger partial charge in [-0.2, -0.15) is 0 Å². The molecule has 278 valence electrons. The monoisotopic (exact) mass is 1400 g/mol. The molecule has 0 fully saturated rings. The fraction of sp³-hybridized carbons (Fsp3) is 0.367. The maximum Gasteiger partial charge on any atom is 0.337 e. The lowest BCUT2D eigenvalue weighted by Crippen LogP contribution is -2.36. The minimum atomic E-state index is -1.34. The molecule has 2 aromatic carbocycles. The predicted octanol–water partition coefficient (Wildman–Crippen LogP) is 5.65. The molecule has 51 heavy (non-hydrogen) atoms. The first-order valence-electron chi connectivity index (χ1n) is 14.4. The fourth-order valence-corrected chi connectivity index (χ4v) is 13.9. The number of hydrogen-bond acceptors (Lipinski definition) is 8. The van der Waals surface area contributed by atoms with E-state index in [-0.39, 0.29) is 63.6 Å². The van der Waals surface area contributed by atoms with Crippen LogP contribution in [0.2, 0.25) is 0 Å². The molecule has 0 saturated heterocycles. The Kier molecular flexibility index (Phi) is 18.6. The van der Waals surface area contributed by atoms with E-state index in [0.29, 0.717) is 22.8 Å². The Morgan fingerprint density at radius 3 is 1.78 bits per heavy atom. The van der Waals surface area contributed by atoms with E-state index in [1.807, 2.05) is 90.4 Å². The molecule has 21 heteroatoms. The van der Waals surface area contributed by atoms with E-state index >= 15 is 0 Å². The third kappa shape index (κ3) is 11.2. The molecule has 5 amide bonds. The minimum Gasteiger partial charge on any atom is -0.478 e. The van der Waals surface area contributed by atoms with Crippen molar-refractivity contribution in [2.75, 3.05) is 49.9 Å². The van der Waals surface area contributed by atoms with Gasteiger partial charge in [0.2, 0.25) is 11.8 Å². The molecule has 0 saturated carbocycles. The van der Waals surface area contributed by atoms with Crippen LogP contribution < -0.4 is 26.2 Å². The Bertz CT molecular complexity index is 1810. The van der Waals surface area contributed by atoms with E-state index in [1.54, 1.807) is 59.0 Å². The number of carbonyl (C=O) groups excluding carboxylic acids is 6. The summed E-state index contributed by atoms with van der Waals surface area (Å²) in [5, 5.41) is 20.3. The maximum absolute atomic E-state index is 13.6. The number of rotatable bonds is 14. The second-order valence-corrected chi connectivity index (χ2v) is 17.9. The second kappa shape index (κ2) is 20.4. The normalized spacial score (nSPS) is 11.0. The summed E-state index contributed by atoms with van der Waals surface area (Å²) < 4.78 is 6.91. The number of anilines is 2. The molecule has 0 aliphatic rings. The lowest BCUT2D eigenvalue weighted by molar-refractivity contribution is -0.153. The third-order valence-corrected chi connectivity index (χ3v) is 13.7. The van der Waals surface area contributed by atoms with Gasteiger partial charge in [-0.1, -0.05) is 0 Å². The quantitative estimate of drug-likeness (QED) is 0.0687. The predicted molar refractivity (Wildman–Crippen MR) is 242 cm³/mol. The molecule has 0 aliphatic carbocycles. The number of aromatic carboxylic acids is 1. The molecule has 0 radical (unpaired) electrons. The highest BCUT2D eigenvalue weighted by Gasteiger charge is 2.32. The average molecular weight is 1400 g/mol. The first-order valence-corrected chi connectivity index (χ1v) is 21.4. The van der Waals surface area contributed by atoms with Gasteiger partial charge in [-0.05, 0) is 156 Å². The fourth-order valence-electron chi connectivity index (χ4n) is 4.15. The van der Waals surface area contributed by atoms with E-state index in [0.717, 1.165) is 0 Å². The summed E-state index contributed by atoms with van der Waals surface area (Å²) in [4.78, 5) is 91.2. The zero-order valence-electron chi connectivity index (χ0n) is 27.3. The van der Waals surface area contributed by atoms with Gasteiger partial charge in [0.15, 0.2) is 0 Å². The van der Waals surface area contributed by atoms with Crippen LogP contribution in [0.1, 0.15) is 68.6 Å². The number of carboxylic acids is 1. The van der Waals surface area contributed by atoms with E-state index in [4.69, 9.17) is 16.3 Å². The van der Waals surface area contributed by atoms with E-state index in [9.17, 15) is 38.7 Å². The lowest BCUT2D eigenvalue weighted by atomic mass is 9.90. The van der Waals surface area contributed by atoms with Crippen molar-refractivity contribution in [3.05, 3.63) is 43.7 Å². The second-order valence-electron chi connectivity index (χ2n) is 11.0. The molecule has 2 rings (SSSR count). The van der Waals surface area contributed by atoms with Crippen LogP contribution in [0.3, 0.4) is 0 Å². The first kappa shape index (κ1) is 46.6. The number of carbonyl (C=O) groups is 7. The van der Waals surface area contributed by atoms with Crippen LogP contribution in [0, 0.1) is 26.8 Å². The van der Waals surface area contributed by atoms with Gasteiger partial charge >= 0.3 is 11.9 Å². The Hall–Kier alpha value is -0.600. The van der Waals surface area contributed by atoms with Gasteiger partial charge < -0.3 is 36.0 Å². The van der Waals surface area contributed by atoms with Gasteiger partial charge in [-0.25, -0.2) is 4.79 Å². The number of carboxylic acid groups (broad SMARTS) is 1. The number of alkyl halides is 1. The van der Waals surface area contributed by atoms with Crippen LogP contribution in [0.15, 0.2) is 0 Å². The highest BCUT2D eigenvalue weighted by atomic mass is 127. The Labute approximate surface area is 380 Å². The highest BCUT2D eigenvalue weighted by Crippen LogP contribution is 2.38. The molecule has 5 N–H and O–H groups in total. The van der Waals surface area contributed by atoms with E-state index < -0.39 is 47.5 Å². The number of nitrogens with one attached hydrogen (secondary N) is 4. The molecular formula is C30H30ClI6N5O9. The van der Waals surface area contributed by atoms with Gasteiger partial charge in [0.05, 0.1) is 66.4 Å². The highest BCUT2D eigenvalue weighted by molar-refractivity contribution is 14.1. The van der Waals surface area contributed by atoms with Gasteiger partial charge in [-0.15, -0.1) is 11.6 Å². The molecule has 2 aromatic rings. The Morgan fingerprint density at radius 2 is 1.27 bits per heavy atom. The van der Waals surface area contributed by atoms with Crippen LogP contribution in [0.5, 0.6) is 0 Å². The summed E-state index contributed by atoms with van der Waals surface area (Å²) in [5.41, 5.74) is -0.406. The third-order valence-electron chi connectivity index (χ3n) is 7.11.